The molecule has 0 bridgehead atoms. The molecule has 1 aliphatic carbocycles. The van der Waals surface area contributed by atoms with Gasteiger partial charge in [-0.2, -0.15) is 0 Å². The second kappa shape index (κ2) is 5.77. The van der Waals surface area contributed by atoms with Crippen molar-refractivity contribution in [3.05, 3.63) is 53.1 Å². The topological polar surface area (TPSA) is 0 Å². The maximum atomic E-state index is 2.31. The van der Waals surface area contributed by atoms with Crippen LogP contribution >= 0.6 is 0 Å². The van der Waals surface area contributed by atoms with Gasteiger partial charge in [0, 0.05) is 0 Å². The van der Waals surface area contributed by atoms with E-state index in [-0.39, 0.29) is 0 Å². The van der Waals surface area contributed by atoms with Crippen LogP contribution in [0.4, 0.5) is 0 Å². The van der Waals surface area contributed by atoms with Crippen LogP contribution in [-0.4, -0.2) is 0 Å². The van der Waals surface area contributed by atoms with Crippen molar-refractivity contribution in [3.63, 3.8) is 0 Å². The molecule has 2 rings (SSSR count). The van der Waals surface area contributed by atoms with E-state index in [2.05, 4.69) is 64.1 Å². The summed E-state index contributed by atoms with van der Waals surface area (Å²) in [4.78, 5) is 0. The third-order valence-electron chi connectivity index (χ3n) is 3.75. The fraction of sp³-hybridized carbons (Fsp3) is 0.474. The van der Waals surface area contributed by atoms with Gasteiger partial charge in [0.05, 0.1) is 0 Å². The van der Waals surface area contributed by atoms with E-state index in [1.807, 2.05) is 0 Å². The zero-order valence-electron chi connectivity index (χ0n) is 12.8. The van der Waals surface area contributed by atoms with Gasteiger partial charge in [0.1, 0.15) is 0 Å². The molecule has 0 spiro atoms. The number of allylic oxidation sites excluding steroid dienone is 4. The Kier molecular flexibility index (Phi) is 4.29. The highest BCUT2D eigenvalue weighted by atomic mass is 14.2. The van der Waals surface area contributed by atoms with Crippen molar-refractivity contribution in [2.75, 3.05) is 0 Å². The van der Waals surface area contributed by atoms with Crippen molar-refractivity contribution in [2.24, 2.45) is 5.41 Å². The fourth-order valence-corrected chi connectivity index (χ4v) is 2.66. The van der Waals surface area contributed by atoms with Crippen LogP contribution in [0.25, 0.3) is 5.57 Å². The molecule has 102 valence electrons. The quantitative estimate of drug-likeness (QED) is 0.640. The molecule has 0 amide bonds. The molecule has 0 aliphatic heterocycles. The zero-order chi connectivity index (χ0) is 13.9. The largest absolute Gasteiger partial charge is 0.0701 e. The van der Waals surface area contributed by atoms with Crippen LogP contribution in [0.1, 0.15) is 58.1 Å². The molecule has 0 unspecified atom stereocenters. The van der Waals surface area contributed by atoms with E-state index in [9.17, 15) is 0 Å². The van der Waals surface area contributed by atoms with E-state index in [4.69, 9.17) is 0 Å². The standard InChI is InChI=1S/C19H26/c1-5-15-6-10-17(11-7-15)18-12-8-16(9-13-18)14-19(2,3)4/h6,8-10,12-13H,5,7,11,14H2,1-4H3. The Morgan fingerprint density at radius 3 is 2.11 bits per heavy atom. The third-order valence-corrected chi connectivity index (χ3v) is 3.75. The summed E-state index contributed by atoms with van der Waals surface area (Å²) in [6.07, 6.45) is 9.37. The van der Waals surface area contributed by atoms with Crippen LogP contribution in [-0.2, 0) is 6.42 Å². The van der Waals surface area contributed by atoms with Crippen molar-refractivity contribution in [1.82, 2.24) is 0 Å². The van der Waals surface area contributed by atoms with Crippen molar-refractivity contribution in [2.45, 2.75) is 53.4 Å². The van der Waals surface area contributed by atoms with Crippen LogP contribution in [0, 0.1) is 5.41 Å². The SMILES string of the molecule is CCC1=CC=C(c2ccc(CC(C)(C)C)cc2)CC1. The summed E-state index contributed by atoms with van der Waals surface area (Å²) in [7, 11) is 0. The predicted molar refractivity (Wildman–Crippen MR) is 85.2 cm³/mol. The van der Waals surface area contributed by atoms with Crippen LogP contribution in [0.3, 0.4) is 0 Å². The molecule has 1 aromatic carbocycles. The first-order valence-corrected chi connectivity index (χ1v) is 7.46. The zero-order valence-corrected chi connectivity index (χ0v) is 12.8. The van der Waals surface area contributed by atoms with Crippen molar-refractivity contribution in [3.8, 4) is 0 Å². The fourth-order valence-electron chi connectivity index (χ4n) is 2.66. The predicted octanol–water partition coefficient (Wildman–Crippen LogP) is 5.79. The van der Waals surface area contributed by atoms with Gasteiger partial charge >= 0.3 is 0 Å². The highest BCUT2D eigenvalue weighted by molar-refractivity contribution is 5.68. The molecule has 0 N–H and O–H groups in total. The van der Waals surface area contributed by atoms with Gasteiger partial charge in [-0.05, 0) is 47.8 Å². The lowest BCUT2D eigenvalue weighted by Crippen LogP contribution is -2.08. The lowest BCUT2D eigenvalue weighted by Gasteiger charge is -2.19. The first-order chi connectivity index (χ1) is 8.98. The summed E-state index contributed by atoms with van der Waals surface area (Å²) in [5, 5.41) is 0. The van der Waals surface area contributed by atoms with Gasteiger partial charge in [-0.15, -0.1) is 0 Å². The molecule has 0 saturated carbocycles. The normalized spacial score (nSPS) is 16.0. The van der Waals surface area contributed by atoms with E-state index in [1.165, 1.54) is 36.0 Å². The van der Waals surface area contributed by atoms with Gasteiger partial charge in [-0.3, -0.25) is 0 Å². The van der Waals surface area contributed by atoms with Crippen LogP contribution in [0.5, 0.6) is 0 Å². The molecule has 0 heterocycles. The molecule has 0 radical (unpaired) electrons. The summed E-state index contributed by atoms with van der Waals surface area (Å²) in [5.74, 6) is 0. The summed E-state index contributed by atoms with van der Waals surface area (Å²) in [5.41, 5.74) is 6.26. The Labute approximate surface area is 118 Å². The molecule has 0 heteroatoms. The minimum absolute atomic E-state index is 0.365. The monoisotopic (exact) mass is 254 g/mol. The molecular formula is C19H26. The van der Waals surface area contributed by atoms with E-state index in [0.717, 1.165) is 6.42 Å². The van der Waals surface area contributed by atoms with Crippen LogP contribution in [0.2, 0.25) is 0 Å². The van der Waals surface area contributed by atoms with Gasteiger partial charge in [-0.25, -0.2) is 0 Å². The summed E-state index contributed by atoms with van der Waals surface area (Å²) in [6.45, 7) is 9.12. The Balaban J connectivity index is 2.11. The average molecular weight is 254 g/mol. The summed E-state index contributed by atoms with van der Waals surface area (Å²) < 4.78 is 0. The Morgan fingerprint density at radius 1 is 0.947 bits per heavy atom. The van der Waals surface area contributed by atoms with Crippen LogP contribution < -0.4 is 0 Å². The Hall–Kier alpha value is -1.30. The maximum absolute atomic E-state index is 2.31. The smallest absolute Gasteiger partial charge is 0.0224 e. The van der Waals surface area contributed by atoms with Gasteiger partial charge in [-0.1, -0.05) is 69.7 Å². The number of hydrogen-bond donors (Lipinski definition) is 0. The van der Waals surface area contributed by atoms with Gasteiger partial charge < -0.3 is 0 Å². The van der Waals surface area contributed by atoms with E-state index in [0.29, 0.717) is 5.41 Å². The second-order valence-electron chi connectivity index (χ2n) is 6.80. The second-order valence-corrected chi connectivity index (χ2v) is 6.80. The van der Waals surface area contributed by atoms with Gasteiger partial charge in [0.25, 0.3) is 0 Å². The minimum Gasteiger partial charge on any atom is -0.0701 e. The number of rotatable bonds is 3. The summed E-state index contributed by atoms with van der Waals surface area (Å²) >= 11 is 0. The Bertz CT molecular complexity index is 478. The highest BCUT2D eigenvalue weighted by Gasteiger charge is 2.12. The first-order valence-electron chi connectivity index (χ1n) is 7.46. The number of benzene rings is 1. The minimum atomic E-state index is 0.365. The molecule has 19 heavy (non-hydrogen) atoms. The van der Waals surface area contributed by atoms with Crippen molar-refractivity contribution >= 4 is 5.57 Å². The molecule has 1 aromatic rings. The molecule has 1 aliphatic rings. The maximum Gasteiger partial charge on any atom is -0.0224 e. The van der Waals surface area contributed by atoms with E-state index in [1.54, 1.807) is 5.57 Å². The van der Waals surface area contributed by atoms with E-state index >= 15 is 0 Å². The molecule has 0 saturated heterocycles. The molecule has 0 nitrogen and oxygen atoms in total. The lowest BCUT2D eigenvalue weighted by atomic mass is 9.87. The molecular weight excluding hydrogens is 228 g/mol. The average Bonchev–Trinajstić information content (AvgIpc) is 2.38. The lowest BCUT2D eigenvalue weighted by molar-refractivity contribution is 0.411. The van der Waals surface area contributed by atoms with Crippen molar-refractivity contribution in [1.29, 1.82) is 0 Å². The first kappa shape index (κ1) is 14.1. The van der Waals surface area contributed by atoms with Crippen LogP contribution in [0.15, 0.2) is 42.0 Å². The van der Waals surface area contributed by atoms with E-state index < -0.39 is 0 Å². The van der Waals surface area contributed by atoms with Gasteiger partial charge in [0.15, 0.2) is 0 Å². The molecule has 0 atom stereocenters. The molecule has 0 fully saturated rings. The summed E-state index contributed by atoms with van der Waals surface area (Å²) in [6, 6.07) is 9.16. The third kappa shape index (κ3) is 4.09. The highest BCUT2D eigenvalue weighted by Crippen LogP contribution is 2.29. The Morgan fingerprint density at radius 2 is 1.63 bits per heavy atom. The van der Waals surface area contributed by atoms with Gasteiger partial charge in [0.2, 0.25) is 0 Å². The van der Waals surface area contributed by atoms with Crippen molar-refractivity contribution < 1.29 is 0 Å². The molecule has 0 aromatic heterocycles. The number of hydrogen-bond acceptors (Lipinski definition) is 0.